The van der Waals surface area contributed by atoms with E-state index in [-0.39, 0.29) is 37.3 Å². The molecule has 0 fully saturated rings. The van der Waals surface area contributed by atoms with E-state index in [2.05, 4.69) is 267 Å². The first kappa shape index (κ1) is 47.6. The number of benzene rings is 7. The van der Waals surface area contributed by atoms with Crippen molar-refractivity contribution in [3.05, 3.63) is 211 Å². The molecule has 5 nitrogen and oxygen atoms in total. The molecule has 0 aliphatic carbocycles. The molecule has 2 aromatic heterocycles. The summed E-state index contributed by atoms with van der Waals surface area (Å²) in [5.41, 5.74) is 13.8. The molecule has 0 bridgehead atoms. The van der Waals surface area contributed by atoms with E-state index in [1.54, 1.807) is 0 Å². The monoisotopic (exact) mass is 1080 g/mol. The Balaban J connectivity index is 0.00000593. The van der Waals surface area contributed by atoms with Crippen molar-refractivity contribution in [1.29, 1.82) is 0 Å². The summed E-state index contributed by atoms with van der Waals surface area (Å²) >= 11 is 0. The number of anilines is 4. The molecule has 0 unspecified atom stereocenters. The van der Waals surface area contributed by atoms with Gasteiger partial charge in [0.05, 0.1) is 0 Å². The third-order valence-electron chi connectivity index (χ3n) is 13.6. The van der Waals surface area contributed by atoms with Crippen LogP contribution < -0.4 is 14.5 Å². The average Bonchev–Trinajstić information content (AvgIpc) is 3.87. The summed E-state index contributed by atoms with van der Waals surface area (Å²) in [6.45, 7) is 27.2. The Hall–Kier alpha value is -6.42. The molecule has 1 aliphatic heterocycles. The Morgan fingerprint density at radius 1 is 0.507 bits per heavy atom. The standard InChI is InChI=1S/C63H61N4O.Pt/c1-60(2,3)45-30-31-64-58(37-45)67-54-27-19-18-26-52(54)59-53(63(10,11)44-24-16-13-17-25-44)39-51(40-57(59)67)68-50-36-47(62(7,8)9)35-49(38-50)66-41-65(55-28-20-21-29-56(55)66)48-33-43(42-22-14-12-15-23-42)32-46(34-48)61(4,5)6;/h12-37,39,41H,1-11H3;/q-3;. The average molecular weight is 1090 g/mol. The molecule has 0 N–H and O–H groups in total. The second-order valence-electron chi connectivity index (χ2n) is 22.0. The van der Waals surface area contributed by atoms with Crippen LogP contribution in [0.15, 0.2) is 164 Å². The largest absolute Gasteiger partial charge is 0.509 e. The van der Waals surface area contributed by atoms with Crippen molar-refractivity contribution in [3.63, 3.8) is 0 Å². The summed E-state index contributed by atoms with van der Waals surface area (Å²) in [6.07, 6.45) is 1.93. The predicted octanol–water partition coefficient (Wildman–Crippen LogP) is 16.9. The van der Waals surface area contributed by atoms with Gasteiger partial charge in [0.2, 0.25) is 0 Å². The SMILES string of the molecule is CC(C)(C)c1cc(Oc2[c-]c3c(c(C(C)(C)c4ccccc4)c2)c2ccccc2n3-c2cc(C(C)(C)C)ccn2)[c-]c(N2[CH-]N(c3cc(-c4ccccc4)cc(C(C)(C)C)c3)c3ccccc32)c1.[Pt]. The minimum absolute atomic E-state index is 0. The number of nitrogens with zero attached hydrogens (tertiary/aromatic N) is 4. The molecule has 6 heteroatoms. The van der Waals surface area contributed by atoms with Gasteiger partial charge in [0.25, 0.3) is 0 Å². The second kappa shape index (κ2) is 17.8. The molecule has 7 aromatic carbocycles. The molecular weight excluding hydrogens is 1020 g/mol. The van der Waals surface area contributed by atoms with E-state index in [0.717, 1.165) is 61.5 Å². The van der Waals surface area contributed by atoms with Crippen molar-refractivity contribution in [2.24, 2.45) is 0 Å². The zero-order chi connectivity index (χ0) is 47.8. The van der Waals surface area contributed by atoms with Gasteiger partial charge in [0.1, 0.15) is 5.82 Å². The number of hydrogen-bond acceptors (Lipinski definition) is 4. The molecule has 69 heavy (non-hydrogen) atoms. The van der Waals surface area contributed by atoms with Gasteiger partial charge < -0.3 is 19.1 Å². The van der Waals surface area contributed by atoms with Crippen LogP contribution in [0.25, 0.3) is 38.8 Å². The number of aromatic nitrogens is 2. The summed E-state index contributed by atoms with van der Waals surface area (Å²) in [7, 11) is 0. The van der Waals surface area contributed by atoms with Gasteiger partial charge in [-0.05, 0) is 97.3 Å². The smallest absolute Gasteiger partial charge is 0.135 e. The quantitative estimate of drug-likeness (QED) is 0.142. The molecule has 3 heterocycles. The van der Waals surface area contributed by atoms with Crippen LogP contribution in [0.3, 0.4) is 0 Å². The number of ether oxygens (including phenoxy) is 1. The van der Waals surface area contributed by atoms with Crippen molar-refractivity contribution in [2.45, 2.75) is 97.8 Å². The van der Waals surface area contributed by atoms with E-state index in [0.29, 0.717) is 11.5 Å². The van der Waals surface area contributed by atoms with Crippen LogP contribution in [0.5, 0.6) is 11.5 Å². The van der Waals surface area contributed by atoms with E-state index < -0.39 is 5.41 Å². The second-order valence-corrected chi connectivity index (χ2v) is 22.0. The predicted molar refractivity (Wildman–Crippen MR) is 284 cm³/mol. The van der Waals surface area contributed by atoms with E-state index in [9.17, 15) is 0 Å². The Bertz CT molecular complexity index is 3330. The van der Waals surface area contributed by atoms with Crippen LogP contribution in [0, 0.1) is 18.8 Å². The zero-order valence-electron chi connectivity index (χ0n) is 41.7. The normalized spacial score (nSPS) is 13.2. The first-order valence-corrected chi connectivity index (χ1v) is 23.9. The van der Waals surface area contributed by atoms with Crippen LogP contribution in [0.4, 0.5) is 22.7 Å². The first-order valence-electron chi connectivity index (χ1n) is 23.9. The van der Waals surface area contributed by atoms with Gasteiger partial charge in [-0.3, -0.25) is 0 Å². The van der Waals surface area contributed by atoms with Gasteiger partial charge in [0, 0.05) is 61.3 Å². The summed E-state index contributed by atoms with van der Waals surface area (Å²) in [5, 5.41) is 2.28. The fourth-order valence-corrected chi connectivity index (χ4v) is 9.54. The Morgan fingerprint density at radius 3 is 1.78 bits per heavy atom. The van der Waals surface area contributed by atoms with Gasteiger partial charge >= 0.3 is 0 Å². The van der Waals surface area contributed by atoms with Crippen molar-refractivity contribution >= 4 is 44.6 Å². The maximum absolute atomic E-state index is 7.18. The molecule has 0 amide bonds. The summed E-state index contributed by atoms with van der Waals surface area (Å²) in [6, 6.07) is 64.3. The van der Waals surface area contributed by atoms with Gasteiger partial charge in [-0.1, -0.05) is 184 Å². The maximum atomic E-state index is 7.18. The fraction of sp³-hybridized carbons (Fsp3) is 0.238. The van der Waals surface area contributed by atoms with Crippen LogP contribution in [-0.2, 0) is 42.7 Å². The topological polar surface area (TPSA) is 33.5 Å². The molecule has 352 valence electrons. The Labute approximate surface area is 424 Å². The molecule has 0 saturated heterocycles. The van der Waals surface area contributed by atoms with Gasteiger partial charge in [0.15, 0.2) is 0 Å². The summed E-state index contributed by atoms with van der Waals surface area (Å²) in [5.74, 6) is 2.08. The maximum Gasteiger partial charge on any atom is 0.135 e. The molecule has 0 spiro atoms. The number of pyridine rings is 1. The van der Waals surface area contributed by atoms with Gasteiger partial charge in [-0.15, -0.1) is 53.8 Å². The zero-order valence-corrected chi connectivity index (χ0v) is 44.0. The Kier molecular flexibility index (Phi) is 12.3. The number of rotatable bonds is 8. The molecule has 9 aromatic rings. The van der Waals surface area contributed by atoms with Gasteiger partial charge in [-0.25, -0.2) is 4.98 Å². The minimum Gasteiger partial charge on any atom is -0.509 e. The molecular formula is C63H61N4OPt-3. The van der Waals surface area contributed by atoms with Crippen molar-refractivity contribution < 1.29 is 25.8 Å². The van der Waals surface area contributed by atoms with E-state index >= 15 is 0 Å². The molecule has 0 radical (unpaired) electrons. The third-order valence-corrected chi connectivity index (χ3v) is 13.6. The van der Waals surface area contributed by atoms with E-state index in [1.165, 1.54) is 27.8 Å². The van der Waals surface area contributed by atoms with E-state index in [1.807, 2.05) is 6.20 Å². The van der Waals surface area contributed by atoms with Crippen molar-refractivity contribution in [3.8, 4) is 28.4 Å². The van der Waals surface area contributed by atoms with Crippen LogP contribution in [0.2, 0.25) is 0 Å². The van der Waals surface area contributed by atoms with Crippen LogP contribution in [-0.4, -0.2) is 9.55 Å². The third kappa shape index (κ3) is 9.03. The van der Waals surface area contributed by atoms with E-state index in [4.69, 9.17) is 9.72 Å². The summed E-state index contributed by atoms with van der Waals surface area (Å²) in [4.78, 5) is 9.59. The molecule has 0 saturated carbocycles. The Morgan fingerprint density at radius 2 is 1.10 bits per heavy atom. The number of para-hydroxylation sites is 3. The first-order chi connectivity index (χ1) is 32.3. The molecule has 1 aliphatic rings. The summed E-state index contributed by atoms with van der Waals surface area (Å²) < 4.78 is 9.44. The fourth-order valence-electron chi connectivity index (χ4n) is 9.54. The minimum atomic E-state index is -0.410. The van der Waals surface area contributed by atoms with Gasteiger partial charge in [-0.2, -0.15) is 0 Å². The number of fused-ring (bicyclic) bond motifs is 4. The molecule has 0 atom stereocenters. The van der Waals surface area contributed by atoms with Crippen LogP contribution in [0.1, 0.15) is 104 Å². The van der Waals surface area contributed by atoms with Crippen LogP contribution >= 0.6 is 0 Å². The number of hydrogen-bond donors (Lipinski definition) is 0. The van der Waals surface area contributed by atoms with Crippen molar-refractivity contribution in [2.75, 3.05) is 9.80 Å². The van der Waals surface area contributed by atoms with Crippen molar-refractivity contribution in [1.82, 2.24) is 9.55 Å². The molecule has 10 rings (SSSR count).